The SMILES string of the molecule is Cc1cccc(C#N)c1NC1CN2CCC1CC2. The molecule has 0 saturated carbocycles. The van der Waals surface area contributed by atoms with E-state index in [9.17, 15) is 5.26 Å². The van der Waals surface area contributed by atoms with Crippen molar-refractivity contribution in [3.05, 3.63) is 29.3 Å². The minimum Gasteiger partial charge on any atom is -0.379 e. The first kappa shape index (κ1) is 11.6. The largest absolute Gasteiger partial charge is 0.379 e. The third-order valence-electron chi connectivity index (χ3n) is 4.38. The highest BCUT2D eigenvalue weighted by atomic mass is 15.2. The second-order valence-electron chi connectivity index (χ2n) is 5.50. The molecule has 0 spiro atoms. The molecule has 2 bridgehead atoms. The number of para-hydroxylation sites is 1. The minimum atomic E-state index is 0.515. The monoisotopic (exact) mass is 241 g/mol. The number of nitrogens with one attached hydrogen (secondary N) is 1. The second kappa shape index (κ2) is 4.62. The highest BCUT2D eigenvalue weighted by molar-refractivity contribution is 5.62. The van der Waals surface area contributed by atoms with Crippen LogP contribution in [0.15, 0.2) is 18.2 Å². The summed E-state index contributed by atoms with van der Waals surface area (Å²) in [6, 6.07) is 8.74. The fourth-order valence-corrected chi connectivity index (χ4v) is 3.27. The van der Waals surface area contributed by atoms with Crippen molar-refractivity contribution in [2.45, 2.75) is 25.8 Å². The summed E-state index contributed by atoms with van der Waals surface area (Å²) in [4.78, 5) is 2.53. The van der Waals surface area contributed by atoms with Gasteiger partial charge in [-0.2, -0.15) is 5.26 Å². The van der Waals surface area contributed by atoms with E-state index in [-0.39, 0.29) is 0 Å². The van der Waals surface area contributed by atoms with Crippen LogP contribution in [-0.4, -0.2) is 30.6 Å². The molecule has 0 radical (unpaired) electrons. The van der Waals surface area contributed by atoms with Crippen molar-refractivity contribution < 1.29 is 0 Å². The Morgan fingerprint density at radius 3 is 2.72 bits per heavy atom. The number of aryl methyl sites for hydroxylation is 1. The van der Waals surface area contributed by atoms with Gasteiger partial charge in [0.1, 0.15) is 6.07 Å². The molecule has 3 nitrogen and oxygen atoms in total. The van der Waals surface area contributed by atoms with E-state index in [4.69, 9.17) is 0 Å². The second-order valence-corrected chi connectivity index (χ2v) is 5.50. The molecule has 1 aromatic carbocycles. The van der Waals surface area contributed by atoms with Crippen LogP contribution < -0.4 is 5.32 Å². The number of anilines is 1. The van der Waals surface area contributed by atoms with Gasteiger partial charge >= 0.3 is 0 Å². The lowest BCUT2D eigenvalue weighted by Gasteiger charge is -2.45. The van der Waals surface area contributed by atoms with Gasteiger partial charge in [0.05, 0.1) is 11.3 Å². The van der Waals surface area contributed by atoms with Crippen LogP contribution >= 0.6 is 0 Å². The molecule has 3 aliphatic rings. The highest BCUT2D eigenvalue weighted by Crippen LogP contribution is 2.31. The zero-order valence-electron chi connectivity index (χ0n) is 10.8. The van der Waals surface area contributed by atoms with Gasteiger partial charge in [0.15, 0.2) is 0 Å². The Bertz CT molecular complexity index is 481. The van der Waals surface area contributed by atoms with Gasteiger partial charge in [0.2, 0.25) is 0 Å². The summed E-state index contributed by atoms with van der Waals surface area (Å²) in [6.45, 7) is 5.71. The molecule has 0 aliphatic carbocycles. The summed E-state index contributed by atoms with van der Waals surface area (Å²) in [5, 5.41) is 12.8. The molecule has 3 fully saturated rings. The van der Waals surface area contributed by atoms with E-state index in [1.54, 1.807) is 0 Å². The lowest BCUT2D eigenvalue weighted by atomic mass is 9.83. The number of nitriles is 1. The maximum absolute atomic E-state index is 9.20. The molecule has 1 atom stereocenters. The van der Waals surface area contributed by atoms with Crippen LogP contribution in [0.4, 0.5) is 5.69 Å². The van der Waals surface area contributed by atoms with Gasteiger partial charge in [-0.05, 0) is 50.4 Å². The molecular weight excluding hydrogens is 222 g/mol. The van der Waals surface area contributed by atoms with E-state index >= 15 is 0 Å². The van der Waals surface area contributed by atoms with Crippen molar-refractivity contribution in [1.82, 2.24) is 4.90 Å². The van der Waals surface area contributed by atoms with Crippen LogP contribution in [0.2, 0.25) is 0 Å². The number of nitrogens with zero attached hydrogens (tertiary/aromatic N) is 2. The average molecular weight is 241 g/mol. The van der Waals surface area contributed by atoms with Gasteiger partial charge in [0, 0.05) is 12.6 Å². The van der Waals surface area contributed by atoms with Crippen molar-refractivity contribution in [2.75, 3.05) is 25.0 Å². The maximum atomic E-state index is 9.20. The summed E-state index contributed by atoms with van der Waals surface area (Å²) in [5.74, 6) is 0.779. The molecule has 94 valence electrons. The molecule has 1 N–H and O–H groups in total. The number of hydrogen-bond acceptors (Lipinski definition) is 3. The highest BCUT2D eigenvalue weighted by Gasteiger charge is 2.34. The molecule has 3 saturated heterocycles. The van der Waals surface area contributed by atoms with Gasteiger partial charge in [-0.25, -0.2) is 0 Å². The van der Waals surface area contributed by atoms with Crippen LogP contribution in [-0.2, 0) is 0 Å². The van der Waals surface area contributed by atoms with Crippen LogP contribution in [0.3, 0.4) is 0 Å². The Hall–Kier alpha value is -1.53. The number of piperidine rings is 3. The quantitative estimate of drug-likeness (QED) is 0.864. The topological polar surface area (TPSA) is 39.1 Å². The summed E-state index contributed by atoms with van der Waals surface area (Å²) >= 11 is 0. The molecular formula is C15H19N3. The Balaban J connectivity index is 1.83. The summed E-state index contributed by atoms with van der Waals surface area (Å²) in [6.07, 6.45) is 2.59. The van der Waals surface area contributed by atoms with E-state index in [0.29, 0.717) is 6.04 Å². The predicted octanol–water partition coefficient (Wildman–Crippen LogP) is 2.37. The third-order valence-corrected chi connectivity index (χ3v) is 4.38. The van der Waals surface area contributed by atoms with Crippen molar-refractivity contribution in [3.63, 3.8) is 0 Å². The van der Waals surface area contributed by atoms with Crippen LogP contribution in [0.25, 0.3) is 0 Å². The van der Waals surface area contributed by atoms with Gasteiger partial charge in [-0.15, -0.1) is 0 Å². The van der Waals surface area contributed by atoms with E-state index in [0.717, 1.165) is 23.7 Å². The Labute approximate surface area is 108 Å². The van der Waals surface area contributed by atoms with Crippen molar-refractivity contribution in [1.29, 1.82) is 5.26 Å². The molecule has 4 rings (SSSR count). The normalized spacial score (nSPS) is 29.9. The lowest BCUT2D eigenvalue weighted by molar-refractivity contribution is 0.0975. The van der Waals surface area contributed by atoms with Crippen LogP contribution in [0.1, 0.15) is 24.0 Å². The fourth-order valence-electron chi connectivity index (χ4n) is 3.27. The summed E-state index contributed by atoms with van der Waals surface area (Å²) in [7, 11) is 0. The molecule has 3 aliphatic heterocycles. The molecule has 0 amide bonds. The molecule has 18 heavy (non-hydrogen) atoms. The first-order valence-corrected chi connectivity index (χ1v) is 6.76. The smallest absolute Gasteiger partial charge is 0.101 e. The number of fused-ring (bicyclic) bond motifs is 3. The maximum Gasteiger partial charge on any atom is 0.101 e. The third kappa shape index (κ3) is 1.97. The van der Waals surface area contributed by atoms with E-state index in [1.165, 1.54) is 31.5 Å². The minimum absolute atomic E-state index is 0.515. The van der Waals surface area contributed by atoms with E-state index in [2.05, 4.69) is 29.3 Å². The zero-order valence-corrected chi connectivity index (χ0v) is 10.8. The lowest BCUT2D eigenvalue weighted by Crippen LogP contribution is -2.53. The summed E-state index contributed by atoms with van der Waals surface area (Å²) in [5.41, 5.74) is 2.98. The fraction of sp³-hybridized carbons (Fsp3) is 0.533. The molecule has 3 heteroatoms. The van der Waals surface area contributed by atoms with Gasteiger partial charge in [-0.3, -0.25) is 0 Å². The standard InChI is InChI=1S/C15H19N3/c1-11-3-2-4-13(9-16)15(11)17-14-10-18-7-5-12(14)6-8-18/h2-4,12,14,17H,5-8,10H2,1H3. The van der Waals surface area contributed by atoms with Crippen molar-refractivity contribution >= 4 is 5.69 Å². The Morgan fingerprint density at radius 1 is 1.33 bits per heavy atom. The molecule has 0 aromatic heterocycles. The van der Waals surface area contributed by atoms with Gasteiger partial charge in [0.25, 0.3) is 0 Å². The zero-order chi connectivity index (χ0) is 12.5. The number of rotatable bonds is 2. The predicted molar refractivity (Wildman–Crippen MR) is 72.5 cm³/mol. The Kier molecular flexibility index (Phi) is 2.97. The molecule has 1 unspecified atom stereocenters. The molecule has 3 heterocycles. The average Bonchev–Trinajstić information content (AvgIpc) is 2.42. The van der Waals surface area contributed by atoms with E-state index < -0.39 is 0 Å². The summed E-state index contributed by atoms with van der Waals surface area (Å²) < 4.78 is 0. The number of benzene rings is 1. The van der Waals surface area contributed by atoms with Crippen molar-refractivity contribution in [2.24, 2.45) is 5.92 Å². The first-order valence-electron chi connectivity index (χ1n) is 6.76. The van der Waals surface area contributed by atoms with Crippen molar-refractivity contribution in [3.8, 4) is 6.07 Å². The molecule has 1 aromatic rings. The van der Waals surface area contributed by atoms with Crippen LogP contribution in [0.5, 0.6) is 0 Å². The van der Waals surface area contributed by atoms with Gasteiger partial charge in [-0.1, -0.05) is 12.1 Å². The van der Waals surface area contributed by atoms with E-state index in [1.807, 2.05) is 12.1 Å². The first-order chi connectivity index (χ1) is 8.78. The Morgan fingerprint density at radius 2 is 2.11 bits per heavy atom. The van der Waals surface area contributed by atoms with Crippen LogP contribution in [0, 0.1) is 24.2 Å². The van der Waals surface area contributed by atoms with Gasteiger partial charge < -0.3 is 10.2 Å². The number of hydrogen-bond donors (Lipinski definition) is 1.